The zero-order chi connectivity index (χ0) is 27.8. The standard InChI is InChI=1S/C25H26I2N4O7/c1-5-37-24(33)21-13(2)29-25(34)30-22(21)14-6-7-18(19(9-14)35-3)38-12-20(32)31-28-11-15-8-16(26)10-17(27)23(15)36-4/h6-11,22H,5,12H2,1-4H3,(H,31,32)(H2,29,30,34)/b28-11+/t22-/m0/s1. The zero-order valence-electron chi connectivity index (χ0n) is 21.0. The van der Waals surface area contributed by atoms with Gasteiger partial charge in [0, 0.05) is 14.8 Å². The number of nitrogens with zero attached hydrogens (tertiary/aromatic N) is 1. The molecule has 1 aliphatic heterocycles. The van der Waals surface area contributed by atoms with Crippen LogP contribution in [0.1, 0.15) is 31.0 Å². The molecule has 0 saturated carbocycles. The Bertz CT molecular complexity index is 1300. The van der Waals surface area contributed by atoms with E-state index in [1.54, 1.807) is 39.2 Å². The van der Waals surface area contributed by atoms with Crippen LogP contribution < -0.4 is 30.3 Å². The highest BCUT2D eigenvalue weighted by Crippen LogP contribution is 2.34. The van der Waals surface area contributed by atoms with Gasteiger partial charge in [-0.3, -0.25) is 4.79 Å². The number of nitrogens with one attached hydrogen (secondary N) is 3. The number of hydrogen-bond donors (Lipinski definition) is 3. The van der Waals surface area contributed by atoms with Crippen LogP contribution in [0.3, 0.4) is 0 Å². The second-order valence-corrected chi connectivity index (χ2v) is 10.2. The van der Waals surface area contributed by atoms with Gasteiger partial charge in [0.15, 0.2) is 18.1 Å². The second-order valence-electron chi connectivity index (χ2n) is 7.79. The van der Waals surface area contributed by atoms with Crippen LogP contribution in [0.15, 0.2) is 46.7 Å². The van der Waals surface area contributed by atoms with Crippen LogP contribution in [0.5, 0.6) is 17.2 Å². The van der Waals surface area contributed by atoms with Crippen LogP contribution in [-0.2, 0) is 14.3 Å². The van der Waals surface area contributed by atoms with Crippen LogP contribution >= 0.6 is 45.2 Å². The number of methoxy groups -OCH3 is 2. The van der Waals surface area contributed by atoms with Gasteiger partial charge in [0.1, 0.15) is 5.75 Å². The zero-order valence-corrected chi connectivity index (χ0v) is 25.3. The molecular formula is C25H26I2N4O7. The minimum Gasteiger partial charge on any atom is -0.495 e. The Labute approximate surface area is 247 Å². The van der Waals surface area contributed by atoms with Gasteiger partial charge in [-0.2, -0.15) is 5.10 Å². The van der Waals surface area contributed by atoms with Gasteiger partial charge in [-0.05, 0) is 88.9 Å². The number of benzene rings is 2. The molecule has 38 heavy (non-hydrogen) atoms. The molecule has 0 fully saturated rings. The van der Waals surface area contributed by atoms with Gasteiger partial charge in [-0.1, -0.05) is 6.07 Å². The van der Waals surface area contributed by atoms with Crippen molar-refractivity contribution >= 4 is 69.3 Å². The average Bonchev–Trinajstić information content (AvgIpc) is 2.86. The summed E-state index contributed by atoms with van der Waals surface area (Å²) in [6, 6.07) is 7.53. The summed E-state index contributed by atoms with van der Waals surface area (Å²) in [5.41, 5.74) is 4.39. The lowest BCUT2D eigenvalue weighted by Crippen LogP contribution is -2.45. The van der Waals surface area contributed by atoms with E-state index in [-0.39, 0.29) is 18.8 Å². The van der Waals surface area contributed by atoms with Crippen molar-refractivity contribution in [3.8, 4) is 17.2 Å². The number of carbonyl (C=O) groups excluding carboxylic acids is 3. The molecule has 3 amide bonds. The van der Waals surface area contributed by atoms with Crippen LogP contribution in [0.25, 0.3) is 0 Å². The molecule has 1 heterocycles. The Morgan fingerprint density at radius 2 is 1.89 bits per heavy atom. The van der Waals surface area contributed by atoms with Crippen LogP contribution in [-0.4, -0.2) is 51.6 Å². The number of carbonyl (C=O) groups is 3. The largest absolute Gasteiger partial charge is 0.495 e. The molecular weight excluding hydrogens is 722 g/mol. The van der Waals surface area contributed by atoms with E-state index in [9.17, 15) is 14.4 Å². The number of rotatable bonds is 10. The van der Waals surface area contributed by atoms with Crippen LogP contribution in [0.4, 0.5) is 4.79 Å². The van der Waals surface area contributed by atoms with E-state index in [2.05, 4.69) is 66.3 Å². The number of amides is 3. The fourth-order valence-electron chi connectivity index (χ4n) is 3.65. The topological polar surface area (TPSA) is 137 Å². The Morgan fingerprint density at radius 3 is 2.58 bits per heavy atom. The lowest BCUT2D eigenvalue weighted by molar-refractivity contribution is -0.139. The quantitative estimate of drug-likeness (QED) is 0.146. The molecule has 202 valence electrons. The number of hydrazone groups is 1. The lowest BCUT2D eigenvalue weighted by Gasteiger charge is -2.28. The first kappa shape index (κ1) is 29.5. The average molecular weight is 748 g/mol. The van der Waals surface area contributed by atoms with E-state index in [1.807, 2.05) is 12.1 Å². The Balaban J connectivity index is 1.70. The predicted molar refractivity (Wildman–Crippen MR) is 156 cm³/mol. The Hall–Kier alpha value is -3.08. The summed E-state index contributed by atoms with van der Waals surface area (Å²) in [5, 5.41) is 9.32. The number of halogens is 2. The van der Waals surface area contributed by atoms with Gasteiger partial charge in [-0.25, -0.2) is 15.0 Å². The van der Waals surface area contributed by atoms with Gasteiger partial charge in [0.25, 0.3) is 5.91 Å². The minimum absolute atomic E-state index is 0.190. The van der Waals surface area contributed by atoms with Crippen molar-refractivity contribution in [3.05, 3.63) is 59.9 Å². The summed E-state index contributed by atoms with van der Waals surface area (Å²) >= 11 is 4.36. The first-order valence-electron chi connectivity index (χ1n) is 11.3. The SMILES string of the molecule is CCOC(=O)C1=C(C)NC(=O)N[C@H]1c1ccc(OCC(=O)N/N=C/c2cc(I)cc(I)c2OC)c(OC)c1. The van der Waals surface area contributed by atoms with E-state index in [0.29, 0.717) is 28.5 Å². The van der Waals surface area contributed by atoms with E-state index in [4.69, 9.17) is 18.9 Å². The molecule has 13 heteroatoms. The van der Waals surface area contributed by atoms with Crippen molar-refractivity contribution in [1.29, 1.82) is 0 Å². The highest BCUT2D eigenvalue weighted by atomic mass is 127. The number of urea groups is 1. The van der Waals surface area contributed by atoms with Gasteiger partial charge < -0.3 is 29.6 Å². The Kier molecular flexibility index (Phi) is 10.6. The molecule has 1 atom stereocenters. The summed E-state index contributed by atoms with van der Waals surface area (Å²) in [5.74, 6) is 0.233. The molecule has 0 radical (unpaired) electrons. The maximum atomic E-state index is 12.6. The highest BCUT2D eigenvalue weighted by Gasteiger charge is 2.32. The Morgan fingerprint density at radius 1 is 1.13 bits per heavy atom. The van der Waals surface area contributed by atoms with E-state index >= 15 is 0 Å². The fraction of sp³-hybridized carbons (Fsp3) is 0.280. The third-order valence-corrected chi connectivity index (χ3v) is 6.70. The monoisotopic (exact) mass is 748 g/mol. The molecule has 11 nitrogen and oxygen atoms in total. The van der Waals surface area contributed by atoms with E-state index in [0.717, 1.165) is 12.7 Å². The minimum atomic E-state index is -0.760. The third kappa shape index (κ3) is 7.27. The van der Waals surface area contributed by atoms with Crippen molar-refractivity contribution in [2.45, 2.75) is 19.9 Å². The molecule has 2 aromatic carbocycles. The fourth-order valence-corrected chi connectivity index (χ4v) is 5.76. The molecule has 2 aromatic rings. The number of hydrogen-bond acceptors (Lipinski definition) is 8. The van der Waals surface area contributed by atoms with E-state index in [1.165, 1.54) is 13.3 Å². The lowest BCUT2D eigenvalue weighted by atomic mass is 9.95. The maximum absolute atomic E-state index is 12.6. The number of esters is 1. The van der Waals surface area contributed by atoms with Gasteiger partial charge in [0.05, 0.1) is 42.2 Å². The number of ether oxygens (including phenoxy) is 4. The summed E-state index contributed by atoms with van der Waals surface area (Å²) in [7, 11) is 3.02. The summed E-state index contributed by atoms with van der Waals surface area (Å²) < 4.78 is 23.6. The molecule has 0 aromatic heterocycles. The molecule has 0 unspecified atom stereocenters. The highest BCUT2D eigenvalue weighted by molar-refractivity contribution is 14.1. The molecule has 0 saturated heterocycles. The van der Waals surface area contributed by atoms with Crippen molar-refractivity contribution in [2.75, 3.05) is 27.4 Å². The third-order valence-electron chi connectivity index (χ3n) is 5.28. The normalized spacial score (nSPS) is 15.0. The molecule has 0 aliphatic carbocycles. The van der Waals surface area contributed by atoms with Crippen LogP contribution in [0.2, 0.25) is 0 Å². The number of allylic oxidation sites excluding steroid dienone is 1. The van der Waals surface area contributed by atoms with Crippen molar-refractivity contribution < 1.29 is 33.3 Å². The summed E-state index contributed by atoms with van der Waals surface area (Å²) in [4.78, 5) is 37.0. The summed E-state index contributed by atoms with van der Waals surface area (Å²) in [6.07, 6.45) is 1.50. The molecule has 1 aliphatic rings. The van der Waals surface area contributed by atoms with Crippen molar-refractivity contribution in [1.82, 2.24) is 16.1 Å². The molecule has 3 N–H and O–H groups in total. The molecule has 3 rings (SSSR count). The van der Waals surface area contributed by atoms with Crippen molar-refractivity contribution in [2.24, 2.45) is 5.10 Å². The first-order valence-corrected chi connectivity index (χ1v) is 13.4. The maximum Gasteiger partial charge on any atom is 0.338 e. The first-order chi connectivity index (χ1) is 18.2. The smallest absolute Gasteiger partial charge is 0.338 e. The molecule has 0 spiro atoms. The predicted octanol–water partition coefficient (Wildman–Crippen LogP) is 3.63. The van der Waals surface area contributed by atoms with Crippen molar-refractivity contribution in [3.63, 3.8) is 0 Å². The van der Waals surface area contributed by atoms with Gasteiger partial charge in [0.2, 0.25) is 0 Å². The summed E-state index contributed by atoms with van der Waals surface area (Å²) in [6.45, 7) is 3.19. The van der Waals surface area contributed by atoms with Crippen LogP contribution in [0, 0.1) is 7.14 Å². The van der Waals surface area contributed by atoms with Gasteiger partial charge >= 0.3 is 12.0 Å². The van der Waals surface area contributed by atoms with Gasteiger partial charge in [-0.15, -0.1) is 0 Å². The molecule has 0 bridgehead atoms. The van der Waals surface area contributed by atoms with E-state index < -0.39 is 23.9 Å². The second kappa shape index (κ2) is 13.6.